The van der Waals surface area contributed by atoms with Crippen molar-refractivity contribution in [3.63, 3.8) is 0 Å². The fraction of sp³-hybridized carbons (Fsp3) is 0.800. The molecule has 3 nitrogen and oxygen atoms in total. The van der Waals surface area contributed by atoms with Gasteiger partial charge in [-0.1, -0.05) is 6.92 Å². The quantitative estimate of drug-likeness (QED) is 0.709. The summed E-state index contributed by atoms with van der Waals surface area (Å²) in [5.74, 6) is 0.703. The highest BCUT2D eigenvalue weighted by molar-refractivity contribution is 5.80. The molecule has 1 saturated carbocycles. The molecule has 3 heteroatoms. The van der Waals surface area contributed by atoms with E-state index in [0.29, 0.717) is 5.92 Å². The molecule has 1 aliphatic carbocycles. The minimum absolute atomic E-state index is 0.144. The van der Waals surface area contributed by atoms with Crippen molar-refractivity contribution in [1.29, 1.82) is 5.26 Å². The van der Waals surface area contributed by atoms with Crippen molar-refractivity contribution in [3.05, 3.63) is 0 Å². The molecule has 1 amide bonds. The zero-order chi connectivity index (χ0) is 9.84. The second-order valence-electron chi connectivity index (χ2n) is 3.91. The lowest BCUT2D eigenvalue weighted by Crippen LogP contribution is -2.32. The van der Waals surface area contributed by atoms with Gasteiger partial charge in [-0.25, -0.2) is 0 Å². The fourth-order valence-corrected chi connectivity index (χ4v) is 1.31. The number of hydrogen-bond acceptors (Lipinski definition) is 2. The van der Waals surface area contributed by atoms with Crippen molar-refractivity contribution < 1.29 is 4.79 Å². The van der Waals surface area contributed by atoms with Gasteiger partial charge < -0.3 is 5.32 Å². The van der Waals surface area contributed by atoms with Crippen LogP contribution in [-0.2, 0) is 4.79 Å². The van der Waals surface area contributed by atoms with Crippen LogP contribution in [0.1, 0.15) is 26.7 Å². The van der Waals surface area contributed by atoms with Gasteiger partial charge in [0.1, 0.15) is 5.92 Å². The summed E-state index contributed by atoms with van der Waals surface area (Å²) >= 11 is 0. The average Bonchev–Trinajstić information content (AvgIpc) is 2.95. The third-order valence-electron chi connectivity index (χ3n) is 2.61. The molecule has 0 bridgehead atoms. The Balaban J connectivity index is 2.18. The van der Waals surface area contributed by atoms with Gasteiger partial charge >= 0.3 is 0 Å². The monoisotopic (exact) mass is 180 g/mol. The summed E-state index contributed by atoms with van der Waals surface area (Å²) in [5.41, 5.74) is 0. The maximum atomic E-state index is 11.2. The molecule has 2 unspecified atom stereocenters. The van der Waals surface area contributed by atoms with Crippen LogP contribution in [-0.4, -0.2) is 12.5 Å². The van der Waals surface area contributed by atoms with Crippen LogP contribution in [0.4, 0.5) is 0 Å². The highest BCUT2D eigenvalue weighted by Crippen LogP contribution is 2.36. The number of hydrogen-bond donors (Lipinski definition) is 1. The van der Waals surface area contributed by atoms with Gasteiger partial charge in [-0.3, -0.25) is 4.79 Å². The molecule has 13 heavy (non-hydrogen) atoms. The van der Waals surface area contributed by atoms with Crippen molar-refractivity contribution in [2.45, 2.75) is 26.7 Å². The van der Waals surface area contributed by atoms with Crippen molar-refractivity contribution >= 4 is 5.91 Å². The normalized spacial score (nSPS) is 20.1. The molecule has 1 aliphatic rings. The molecule has 0 aliphatic heterocycles. The van der Waals surface area contributed by atoms with Gasteiger partial charge in [0.05, 0.1) is 6.07 Å². The first-order valence-corrected chi connectivity index (χ1v) is 4.82. The minimum Gasteiger partial charge on any atom is -0.355 e. The number of rotatable bonds is 4. The lowest BCUT2D eigenvalue weighted by molar-refractivity contribution is -0.123. The van der Waals surface area contributed by atoms with Crippen LogP contribution in [0.3, 0.4) is 0 Å². The number of carbonyl (C=O) groups is 1. The van der Waals surface area contributed by atoms with Crippen molar-refractivity contribution in [3.8, 4) is 6.07 Å². The van der Waals surface area contributed by atoms with Gasteiger partial charge in [-0.15, -0.1) is 0 Å². The van der Waals surface area contributed by atoms with E-state index in [0.717, 1.165) is 12.5 Å². The number of nitriles is 1. The van der Waals surface area contributed by atoms with Crippen LogP contribution < -0.4 is 5.32 Å². The highest BCUT2D eigenvalue weighted by Gasteiger charge is 2.28. The molecule has 0 aromatic rings. The van der Waals surface area contributed by atoms with Gasteiger partial charge in [0.2, 0.25) is 5.91 Å². The van der Waals surface area contributed by atoms with Gasteiger partial charge in [-0.2, -0.15) is 5.26 Å². The van der Waals surface area contributed by atoms with E-state index in [1.54, 1.807) is 6.92 Å². The van der Waals surface area contributed by atoms with Crippen molar-refractivity contribution in [2.75, 3.05) is 6.54 Å². The summed E-state index contributed by atoms with van der Waals surface area (Å²) in [4.78, 5) is 11.2. The number of carbonyl (C=O) groups excluding carboxylic acids is 1. The number of nitrogens with zero attached hydrogens (tertiary/aromatic N) is 1. The first kappa shape index (κ1) is 10.0. The van der Waals surface area contributed by atoms with Crippen LogP contribution >= 0.6 is 0 Å². The van der Waals surface area contributed by atoms with Crippen molar-refractivity contribution in [2.24, 2.45) is 17.8 Å². The van der Waals surface area contributed by atoms with E-state index < -0.39 is 5.92 Å². The van der Waals surface area contributed by atoms with Crippen LogP contribution in [0.2, 0.25) is 0 Å². The van der Waals surface area contributed by atoms with Crippen LogP contribution in [0.25, 0.3) is 0 Å². The molecule has 72 valence electrons. The van der Waals surface area contributed by atoms with Gasteiger partial charge in [0.25, 0.3) is 0 Å². The van der Waals surface area contributed by atoms with E-state index in [2.05, 4.69) is 12.2 Å². The molecular weight excluding hydrogens is 164 g/mol. The number of nitrogens with one attached hydrogen (secondary N) is 1. The van der Waals surface area contributed by atoms with E-state index in [9.17, 15) is 4.79 Å². The zero-order valence-corrected chi connectivity index (χ0v) is 8.21. The minimum atomic E-state index is -0.522. The standard InChI is InChI=1S/C10H16N2O/c1-7(5-11)10(13)12-6-8(2)9-3-4-9/h7-9H,3-4,6H2,1-2H3,(H,12,13). The van der Waals surface area contributed by atoms with E-state index in [-0.39, 0.29) is 5.91 Å². The predicted octanol–water partition coefficient (Wildman–Crippen LogP) is 1.31. The highest BCUT2D eigenvalue weighted by atomic mass is 16.1. The van der Waals surface area contributed by atoms with E-state index >= 15 is 0 Å². The van der Waals surface area contributed by atoms with Gasteiger partial charge in [-0.05, 0) is 31.6 Å². The van der Waals surface area contributed by atoms with E-state index in [1.807, 2.05) is 6.07 Å². The first-order valence-electron chi connectivity index (χ1n) is 4.82. The molecule has 0 radical (unpaired) electrons. The SMILES string of the molecule is CC(C#N)C(=O)NCC(C)C1CC1. The van der Waals surface area contributed by atoms with E-state index in [4.69, 9.17) is 5.26 Å². The van der Waals surface area contributed by atoms with Gasteiger partial charge in [0, 0.05) is 6.54 Å². The maximum Gasteiger partial charge on any atom is 0.237 e. The lowest BCUT2D eigenvalue weighted by Gasteiger charge is -2.11. The Morgan fingerprint density at radius 2 is 2.23 bits per heavy atom. The third kappa shape index (κ3) is 3.06. The molecule has 1 N–H and O–H groups in total. The molecule has 0 aromatic heterocycles. The Morgan fingerprint density at radius 1 is 1.62 bits per heavy atom. The Morgan fingerprint density at radius 3 is 2.69 bits per heavy atom. The van der Waals surface area contributed by atoms with Crippen LogP contribution in [0, 0.1) is 29.1 Å². The molecule has 1 rings (SSSR count). The molecular formula is C10H16N2O. The zero-order valence-electron chi connectivity index (χ0n) is 8.21. The molecule has 2 atom stereocenters. The Bertz CT molecular complexity index is 228. The Labute approximate surface area is 79.1 Å². The summed E-state index contributed by atoms with van der Waals surface area (Å²) in [7, 11) is 0. The Hall–Kier alpha value is -1.04. The predicted molar refractivity (Wildman–Crippen MR) is 49.7 cm³/mol. The largest absolute Gasteiger partial charge is 0.355 e. The molecule has 0 saturated heterocycles. The second kappa shape index (κ2) is 4.27. The third-order valence-corrected chi connectivity index (χ3v) is 2.61. The second-order valence-corrected chi connectivity index (χ2v) is 3.91. The fourth-order valence-electron chi connectivity index (χ4n) is 1.31. The number of amides is 1. The van der Waals surface area contributed by atoms with Gasteiger partial charge in [0.15, 0.2) is 0 Å². The summed E-state index contributed by atoms with van der Waals surface area (Å²) in [6.45, 7) is 4.49. The summed E-state index contributed by atoms with van der Waals surface area (Å²) < 4.78 is 0. The summed E-state index contributed by atoms with van der Waals surface area (Å²) in [6, 6.07) is 1.92. The average molecular weight is 180 g/mol. The molecule has 0 aromatic carbocycles. The molecule has 1 fully saturated rings. The van der Waals surface area contributed by atoms with Crippen molar-refractivity contribution in [1.82, 2.24) is 5.32 Å². The summed E-state index contributed by atoms with van der Waals surface area (Å²) in [5, 5.41) is 11.3. The molecule has 0 spiro atoms. The smallest absolute Gasteiger partial charge is 0.237 e. The first-order chi connectivity index (χ1) is 6.15. The lowest BCUT2D eigenvalue weighted by atomic mass is 10.1. The Kier molecular flexibility index (Phi) is 3.30. The maximum absolute atomic E-state index is 11.2. The topological polar surface area (TPSA) is 52.9 Å². The summed E-state index contributed by atoms with van der Waals surface area (Å²) in [6.07, 6.45) is 2.59. The van der Waals surface area contributed by atoms with Crippen LogP contribution in [0.5, 0.6) is 0 Å². The van der Waals surface area contributed by atoms with Crippen LogP contribution in [0.15, 0.2) is 0 Å². The van der Waals surface area contributed by atoms with E-state index in [1.165, 1.54) is 12.8 Å². The molecule has 0 heterocycles.